The second kappa shape index (κ2) is 9.03. The number of ether oxygens (including phenoxy) is 1. The van der Waals surface area contributed by atoms with E-state index in [1.165, 1.54) is 0 Å². The van der Waals surface area contributed by atoms with Gasteiger partial charge in [0.1, 0.15) is 12.4 Å². The average molecular weight is 415 g/mol. The predicted octanol–water partition coefficient (Wildman–Crippen LogP) is 4.28. The number of thioether (sulfide) groups is 1. The first kappa shape index (κ1) is 19.4. The van der Waals surface area contributed by atoms with Crippen molar-refractivity contribution in [3.05, 3.63) is 75.5 Å². The highest BCUT2D eigenvalue weighted by atomic mass is 35.5. The monoisotopic (exact) mass is 414 g/mol. The molecule has 0 aliphatic carbocycles. The van der Waals surface area contributed by atoms with E-state index in [-0.39, 0.29) is 5.56 Å². The molecule has 1 aliphatic rings. The Labute approximate surface area is 174 Å². The summed E-state index contributed by atoms with van der Waals surface area (Å²) in [6, 6.07) is 17.4. The lowest BCUT2D eigenvalue weighted by Crippen LogP contribution is -2.35. The van der Waals surface area contributed by atoms with Crippen LogP contribution in [0.3, 0.4) is 0 Å². The molecular formula is C22H23ClN2O2S. The highest BCUT2D eigenvalue weighted by Crippen LogP contribution is 2.21. The second-order valence-corrected chi connectivity index (χ2v) is 8.54. The van der Waals surface area contributed by atoms with Crippen LogP contribution >= 0.6 is 23.4 Å². The van der Waals surface area contributed by atoms with Gasteiger partial charge in [0.15, 0.2) is 0 Å². The van der Waals surface area contributed by atoms with Crippen molar-refractivity contribution in [2.45, 2.75) is 13.1 Å². The van der Waals surface area contributed by atoms with E-state index in [9.17, 15) is 4.79 Å². The summed E-state index contributed by atoms with van der Waals surface area (Å²) in [7, 11) is 0. The van der Waals surface area contributed by atoms with Crippen molar-refractivity contribution in [1.82, 2.24) is 9.47 Å². The number of halogens is 1. The molecule has 2 heterocycles. The van der Waals surface area contributed by atoms with Crippen molar-refractivity contribution < 1.29 is 4.74 Å². The molecule has 1 aromatic heterocycles. The molecule has 4 rings (SSSR count). The Balaban J connectivity index is 1.62. The van der Waals surface area contributed by atoms with Crippen molar-refractivity contribution in [3.8, 4) is 5.75 Å². The Hall–Kier alpha value is -1.95. The highest BCUT2D eigenvalue weighted by Gasteiger charge is 2.15. The van der Waals surface area contributed by atoms with Gasteiger partial charge in [-0.25, -0.2) is 0 Å². The molecule has 4 nitrogen and oxygen atoms in total. The Kier molecular flexibility index (Phi) is 6.25. The lowest BCUT2D eigenvalue weighted by atomic mass is 10.1. The van der Waals surface area contributed by atoms with Crippen LogP contribution in [-0.4, -0.2) is 40.7 Å². The minimum absolute atomic E-state index is 0.0460. The largest absolute Gasteiger partial charge is 0.492 e. The van der Waals surface area contributed by atoms with Crippen LogP contribution in [0.25, 0.3) is 10.9 Å². The van der Waals surface area contributed by atoms with Crippen LogP contribution in [0.5, 0.6) is 5.75 Å². The summed E-state index contributed by atoms with van der Waals surface area (Å²) in [6.07, 6.45) is 0. The van der Waals surface area contributed by atoms with Crippen molar-refractivity contribution >= 4 is 34.3 Å². The molecule has 1 saturated heterocycles. The summed E-state index contributed by atoms with van der Waals surface area (Å²) in [5.41, 5.74) is 1.73. The topological polar surface area (TPSA) is 34.5 Å². The van der Waals surface area contributed by atoms with Gasteiger partial charge in [-0.2, -0.15) is 11.8 Å². The highest BCUT2D eigenvalue weighted by molar-refractivity contribution is 7.99. The van der Waals surface area contributed by atoms with Crippen LogP contribution in [-0.2, 0) is 13.1 Å². The molecule has 6 heteroatoms. The first-order valence-electron chi connectivity index (χ1n) is 9.51. The third-order valence-corrected chi connectivity index (χ3v) is 6.13. The fraction of sp³-hybridized carbons (Fsp3) is 0.318. The van der Waals surface area contributed by atoms with Crippen molar-refractivity contribution in [2.24, 2.45) is 0 Å². The maximum atomic E-state index is 13.2. The number of pyridine rings is 1. The Bertz CT molecular complexity index is 1000. The minimum atomic E-state index is 0.0460. The number of fused-ring (bicyclic) bond motifs is 1. The summed E-state index contributed by atoms with van der Waals surface area (Å²) >= 11 is 8.18. The van der Waals surface area contributed by atoms with E-state index >= 15 is 0 Å². The fourth-order valence-electron chi connectivity index (χ4n) is 3.51. The summed E-state index contributed by atoms with van der Waals surface area (Å²) in [5, 5.41) is 1.66. The minimum Gasteiger partial charge on any atom is -0.492 e. The number of benzene rings is 2. The molecule has 28 heavy (non-hydrogen) atoms. The third-order valence-electron chi connectivity index (χ3n) is 4.96. The standard InChI is InChI=1S/C22H23ClN2O2S/c23-19-7-6-17-14-18(16-24-9-12-28-13-10-24)22(26)25(21(17)15-19)8-11-27-20-4-2-1-3-5-20/h1-7,14-15H,8-13,16H2. The van der Waals surface area contributed by atoms with E-state index in [2.05, 4.69) is 4.90 Å². The lowest BCUT2D eigenvalue weighted by molar-refractivity contribution is 0.288. The normalized spacial score (nSPS) is 15.0. The zero-order chi connectivity index (χ0) is 19.3. The van der Waals surface area contributed by atoms with Crippen LogP contribution in [0.2, 0.25) is 5.02 Å². The fourth-order valence-corrected chi connectivity index (χ4v) is 4.66. The zero-order valence-corrected chi connectivity index (χ0v) is 17.2. The first-order valence-corrected chi connectivity index (χ1v) is 11.0. The van der Waals surface area contributed by atoms with Crippen molar-refractivity contribution in [3.63, 3.8) is 0 Å². The zero-order valence-electron chi connectivity index (χ0n) is 15.6. The average Bonchev–Trinajstić information content (AvgIpc) is 2.72. The molecule has 0 unspecified atom stereocenters. The van der Waals surface area contributed by atoms with E-state index < -0.39 is 0 Å². The molecule has 0 N–H and O–H groups in total. The predicted molar refractivity (Wildman–Crippen MR) is 118 cm³/mol. The molecule has 0 atom stereocenters. The smallest absolute Gasteiger partial charge is 0.255 e. The van der Waals surface area contributed by atoms with Gasteiger partial charge in [0.05, 0.1) is 12.1 Å². The number of hydrogen-bond donors (Lipinski definition) is 0. The van der Waals surface area contributed by atoms with E-state index in [1.54, 1.807) is 4.57 Å². The maximum absolute atomic E-state index is 13.2. The van der Waals surface area contributed by atoms with Gasteiger partial charge in [-0.15, -0.1) is 0 Å². The van der Waals surface area contributed by atoms with Crippen molar-refractivity contribution in [2.75, 3.05) is 31.2 Å². The van der Waals surface area contributed by atoms with Gasteiger partial charge >= 0.3 is 0 Å². The second-order valence-electron chi connectivity index (χ2n) is 6.88. The molecule has 1 fully saturated rings. The number of aromatic nitrogens is 1. The van der Waals surface area contributed by atoms with Crippen LogP contribution in [0.4, 0.5) is 0 Å². The van der Waals surface area contributed by atoms with Gasteiger partial charge in [-0.3, -0.25) is 9.69 Å². The van der Waals surface area contributed by atoms with Crippen LogP contribution in [0.15, 0.2) is 59.4 Å². The molecule has 0 bridgehead atoms. The van der Waals surface area contributed by atoms with Crippen LogP contribution < -0.4 is 10.3 Å². The molecule has 0 saturated carbocycles. The van der Waals surface area contributed by atoms with Crippen LogP contribution in [0.1, 0.15) is 5.56 Å². The molecule has 1 aliphatic heterocycles. The quantitative estimate of drug-likeness (QED) is 0.602. The van der Waals surface area contributed by atoms with Gasteiger partial charge in [0.2, 0.25) is 0 Å². The maximum Gasteiger partial charge on any atom is 0.255 e. The molecule has 146 valence electrons. The van der Waals surface area contributed by atoms with E-state index in [1.807, 2.05) is 66.4 Å². The molecule has 3 aromatic rings. The number of para-hydroxylation sites is 1. The Morgan fingerprint density at radius 2 is 1.82 bits per heavy atom. The molecule has 0 amide bonds. The van der Waals surface area contributed by atoms with Gasteiger partial charge < -0.3 is 9.30 Å². The molecule has 0 spiro atoms. The van der Waals surface area contributed by atoms with E-state index in [0.717, 1.165) is 46.8 Å². The SMILES string of the molecule is O=c1c(CN2CCSCC2)cc2ccc(Cl)cc2n1CCOc1ccccc1. The van der Waals surface area contributed by atoms with Crippen LogP contribution in [0, 0.1) is 0 Å². The van der Waals surface area contributed by atoms with E-state index in [0.29, 0.717) is 24.7 Å². The lowest BCUT2D eigenvalue weighted by Gasteiger charge is -2.26. The number of rotatable bonds is 6. The summed E-state index contributed by atoms with van der Waals surface area (Å²) in [5.74, 6) is 3.06. The van der Waals surface area contributed by atoms with Gasteiger partial charge in [-0.1, -0.05) is 35.9 Å². The Morgan fingerprint density at radius 1 is 1.04 bits per heavy atom. The Morgan fingerprint density at radius 3 is 2.61 bits per heavy atom. The molecular weight excluding hydrogens is 392 g/mol. The third kappa shape index (κ3) is 4.54. The number of hydrogen-bond acceptors (Lipinski definition) is 4. The van der Waals surface area contributed by atoms with E-state index in [4.69, 9.17) is 16.3 Å². The summed E-state index contributed by atoms with van der Waals surface area (Å²) in [4.78, 5) is 15.6. The van der Waals surface area contributed by atoms with Gasteiger partial charge in [-0.05, 0) is 35.7 Å². The molecule has 2 aromatic carbocycles. The van der Waals surface area contributed by atoms with Gasteiger partial charge in [0.25, 0.3) is 5.56 Å². The van der Waals surface area contributed by atoms with Gasteiger partial charge in [0, 0.05) is 41.7 Å². The van der Waals surface area contributed by atoms with Crippen molar-refractivity contribution in [1.29, 1.82) is 0 Å². The summed E-state index contributed by atoms with van der Waals surface area (Å²) < 4.78 is 7.63. The number of nitrogens with zero attached hydrogens (tertiary/aromatic N) is 2. The summed E-state index contributed by atoms with van der Waals surface area (Å²) in [6.45, 7) is 3.65. The molecule has 0 radical (unpaired) electrons. The first-order chi connectivity index (χ1) is 13.7.